The second-order valence-corrected chi connectivity index (χ2v) is 6.11. The lowest BCUT2D eigenvalue weighted by Crippen LogP contribution is -2.54. The number of nitrogens with two attached hydrogens (primary N) is 1. The average Bonchev–Trinajstić information content (AvgIpc) is 2.59. The van der Waals surface area contributed by atoms with E-state index in [2.05, 4.69) is 14.8 Å². The Labute approximate surface area is 141 Å². The molecule has 0 radical (unpaired) electrons. The molecule has 2 amide bonds. The van der Waals surface area contributed by atoms with Gasteiger partial charge in [-0.25, -0.2) is 0 Å². The number of carbonyl (C=O) groups is 4. The predicted octanol–water partition coefficient (Wildman–Crippen LogP) is 0.135. The molecule has 0 spiro atoms. The highest BCUT2D eigenvalue weighted by molar-refractivity contribution is 5.97. The second-order valence-electron chi connectivity index (χ2n) is 6.11. The maximum Gasteiger partial charge on any atom is 0.320 e. The SMILES string of the molecule is COC(=O)C(C(=O)OC)[C@H](C)[C@H](NC(=O)C1CCCCC1)C(N)=O. The van der Waals surface area contributed by atoms with Crippen molar-refractivity contribution in [1.29, 1.82) is 0 Å². The molecule has 8 nitrogen and oxygen atoms in total. The van der Waals surface area contributed by atoms with Gasteiger partial charge in [-0.05, 0) is 12.8 Å². The summed E-state index contributed by atoms with van der Waals surface area (Å²) in [6.45, 7) is 1.48. The number of hydrogen-bond acceptors (Lipinski definition) is 6. The fraction of sp³-hybridized carbons (Fsp3) is 0.750. The fourth-order valence-electron chi connectivity index (χ4n) is 3.07. The quantitative estimate of drug-likeness (QED) is 0.501. The van der Waals surface area contributed by atoms with Gasteiger partial charge < -0.3 is 20.5 Å². The van der Waals surface area contributed by atoms with E-state index in [-0.39, 0.29) is 11.8 Å². The van der Waals surface area contributed by atoms with Crippen LogP contribution in [-0.2, 0) is 28.7 Å². The standard InChI is InChI=1S/C16H26N2O6/c1-9(11(15(21)23-2)16(22)24-3)12(13(17)19)18-14(20)10-7-5-4-6-8-10/h9-12H,4-8H2,1-3H3,(H2,17,19)(H,18,20)/t9-,12-/m0/s1. The van der Waals surface area contributed by atoms with Gasteiger partial charge in [0.05, 0.1) is 14.2 Å². The predicted molar refractivity (Wildman–Crippen MR) is 84.4 cm³/mol. The van der Waals surface area contributed by atoms with Crippen LogP contribution in [0.2, 0.25) is 0 Å². The first-order chi connectivity index (χ1) is 11.3. The summed E-state index contributed by atoms with van der Waals surface area (Å²) in [7, 11) is 2.26. The van der Waals surface area contributed by atoms with E-state index in [4.69, 9.17) is 5.73 Å². The molecule has 0 aliphatic heterocycles. The van der Waals surface area contributed by atoms with Crippen molar-refractivity contribution < 1.29 is 28.7 Å². The first-order valence-electron chi connectivity index (χ1n) is 8.08. The summed E-state index contributed by atoms with van der Waals surface area (Å²) in [6.07, 6.45) is 4.52. The van der Waals surface area contributed by atoms with Gasteiger partial charge in [0.2, 0.25) is 11.8 Å². The zero-order valence-electron chi connectivity index (χ0n) is 14.4. The molecule has 0 unspecified atom stereocenters. The summed E-state index contributed by atoms with van der Waals surface area (Å²) in [5, 5.41) is 2.60. The Balaban J connectivity index is 2.91. The molecule has 0 aromatic heterocycles. The molecule has 1 aliphatic rings. The first kappa shape index (κ1) is 19.9. The third kappa shape index (κ3) is 4.94. The summed E-state index contributed by atoms with van der Waals surface area (Å²) in [5.74, 6) is -5.19. The number of rotatable bonds is 7. The number of nitrogens with one attached hydrogen (secondary N) is 1. The van der Waals surface area contributed by atoms with E-state index in [1.54, 1.807) is 0 Å². The number of primary amides is 1. The summed E-state index contributed by atoms with van der Waals surface area (Å²) in [6, 6.07) is -1.16. The van der Waals surface area contributed by atoms with Crippen LogP contribution in [0.5, 0.6) is 0 Å². The third-order valence-electron chi connectivity index (χ3n) is 4.54. The van der Waals surface area contributed by atoms with E-state index in [1.807, 2.05) is 0 Å². The second kappa shape index (κ2) is 9.24. The summed E-state index contributed by atoms with van der Waals surface area (Å²) in [4.78, 5) is 47.9. The number of hydrogen-bond donors (Lipinski definition) is 2. The summed E-state index contributed by atoms with van der Waals surface area (Å²) < 4.78 is 9.21. The molecule has 0 heterocycles. The lowest BCUT2D eigenvalue weighted by Gasteiger charge is -2.29. The zero-order chi connectivity index (χ0) is 18.3. The molecule has 3 N–H and O–H groups in total. The van der Waals surface area contributed by atoms with Crippen molar-refractivity contribution in [2.75, 3.05) is 14.2 Å². The Hall–Kier alpha value is -2.12. The molecule has 0 bridgehead atoms. The Morgan fingerprint density at radius 3 is 1.92 bits per heavy atom. The molecule has 136 valence electrons. The minimum Gasteiger partial charge on any atom is -0.468 e. The minimum atomic E-state index is -1.34. The molecule has 0 aromatic carbocycles. The van der Waals surface area contributed by atoms with Gasteiger partial charge in [0.15, 0.2) is 5.92 Å². The van der Waals surface area contributed by atoms with E-state index >= 15 is 0 Å². The van der Waals surface area contributed by atoms with Gasteiger partial charge in [-0.3, -0.25) is 19.2 Å². The number of methoxy groups -OCH3 is 2. The Morgan fingerprint density at radius 1 is 1.00 bits per heavy atom. The summed E-state index contributed by atoms with van der Waals surface area (Å²) in [5.41, 5.74) is 5.38. The topological polar surface area (TPSA) is 125 Å². The van der Waals surface area contributed by atoms with Crippen LogP contribution in [0.15, 0.2) is 0 Å². The normalized spacial score (nSPS) is 17.7. The van der Waals surface area contributed by atoms with E-state index < -0.39 is 35.7 Å². The van der Waals surface area contributed by atoms with Gasteiger partial charge in [-0.1, -0.05) is 26.2 Å². The van der Waals surface area contributed by atoms with Crippen molar-refractivity contribution in [2.24, 2.45) is 23.5 Å². The number of esters is 2. The van der Waals surface area contributed by atoms with Crippen LogP contribution in [0.1, 0.15) is 39.0 Å². The van der Waals surface area contributed by atoms with E-state index in [0.717, 1.165) is 46.3 Å². The van der Waals surface area contributed by atoms with E-state index in [9.17, 15) is 19.2 Å². The highest BCUT2D eigenvalue weighted by Gasteiger charge is 2.41. The van der Waals surface area contributed by atoms with Crippen LogP contribution in [0.3, 0.4) is 0 Å². The zero-order valence-corrected chi connectivity index (χ0v) is 14.4. The monoisotopic (exact) mass is 342 g/mol. The molecule has 2 atom stereocenters. The molecular formula is C16H26N2O6. The van der Waals surface area contributed by atoms with Crippen molar-refractivity contribution in [3.8, 4) is 0 Å². The number of amides is 2. The highest BCUT2D eigenvalue weighted by atomic mass is 16.5. The van der Waals surface area contributed by atoms with Gasteiger partial charge in [0.25, 0.3) is 0 Å². The van der Waals surface area contributed by atoms with Crippen LogP contribution in [0, 0.1) is 17.8 Å². The molecule has 24 heavy (non-hydrogen) atoms. The maximum atomic E-state index is 12.4. The number of ether oxygens (including phenoxy) is 2. The largest absolute Gasteiger partial charge is 0.468 e. The van der Waals surface area contributed by atoms with Gasteiger partial charge >= 0.3 is 11.9 Å². The average molecular weight is 342 g/mol. The molecule has 1 fully saturated rings. The van der Waals surface area contributed by atoms with Crippen LogP contribution in [-0.4, -0.2) is 44.0 Å². The van der Waals surface area contributed by atoms with Crippen LogP contribution < -0.4 is 11.1 Å². The Morgan fingerprint density at radius 2 is 1.50 bits per heavy atom. The van der Waals surface area contributed by atoms with Crippen LogP contribution in [0.25, 0.3) is 0 Å². The Kier molecular flexibility index (Phi) is 7.67. The van der Waals surface area contributed by atoms with Gasteiger partial charge in [0.1, 0.15) is 6.04 Å². The van der Waals surface area contributed by atoms with Crippen LogP contribution in [0.4, 0.5) is 0 Å². The molecule has 1 aliphatic carbocycles. The smallest absolute Gasteiger partial charge is 0.320 e. The minimum absolute atomic E-state index is 0.178. The Bertz CT molecular complexity index is 471. The van der Waals surface area contributed by atoms with Gasteiger partial charge in [-0.15, -0.1) is 0 Å². The van der Waals surface area contributed by atoms with Gasteiger partial charge in [0, 0.05) is 11.8 Å². The molecule has 1 rings (SSSR count). The van der Waals surface area contributed by atoms with Crippen molar-refractivity contribution in [2.45, 2.75) is 45.1 Å². The maximum absolute atomic E-state index is 12.4. The van der Waals surface area contributed by atoms with Crippen molar-refractivity contribution >= 4 is 23.8 Å². The third-order valence-corrected chi connectivity index (χ3v) is 4.54. The van der Waals surface area contributed by atoms with Crippen LogP contribution >= 0.6 is 0 Å². The van der Waals surface area contributed by atoms with Gasteiger partial charge in [-0.2, -0.15) is 0 Å². The summed E-state index contributed by atoms with van der Waals surface area (Å²) >= 11 is 0. The van der Waals surface area contributed by atoms with Crippen molar-refractivity contribution in [3.05, 3.63) is 0 Å². The highest BCUT2D eigenvalue weighted by Crippen LogP contribution is 2.25. The molecule has 0 saturated heterocycles. The number of carbonyl (C=O) groups excluding carboxylic acids is 4. The van der Waals surface area contributed by atoms with E-state index in [1.165, 1.54) is 6.92 Å². The van der Waals surface area contributed by atoms with E-state index in [0.29, 0.717) is 0 Å². The van der Waals surface area contributed by atoms with Crippen molar-refractivity contribution in [3.63, 3.8) is 0 Å². The molecular weight excluding hydrogens is 316 g/mol. The molecule has 0 aromatic rings. The first-order valence-corrected chi connectivity index (χ1v) is 8.08. The fourth-order valence-corrected chi connectivity index (χ4v) is 3.07. The molecule has 1 saturated carbocycles. The van der Waals surface area contributed by atoms with Crippen molar-refractivity contribution in [1.82, 2.24) is 5.32 Å². The lowest BCUT2D eigenvalue weighted by molar-refractivity contribution is -0.162. The molecule has 8 heteroatoms. The lowest BCUT2D eigenvalue weighted by atomic mass is 9.85.